The van der Waals surface area contributed by atoms with E-state index in [2.05, 4.69) is 38.2 Å². The molecule has 0 heterocycles. The van der Waals surface area contributed by atoms with Gasteiger partial charge in [0.1, 0.15) is 5.75 Å². The molecular weight excluding hydrogens is 241 g/mol. The van der Waals surface area contributed by atoms with Crippen molar-refractivity contribution in [3.05, 3.63) is 28.8 Å². The van der Waals surface area contributed by atoms with E-state index in [0.29, 0.717) is 13.0 Å². The molecular formula is C16H26FNO. The van der Waals surface area contributed by atoms with Gasteiger partial charge in [-0.05, 0) is 51.3 Å². The van der Waals surface area contributed by atoms with Crippen molar-refractivity contribution < 1.29 is 9.13 Å². The third-order valence-corrected chi connectivity index (χ3v) is 2.87. The summed E-state index contributed by atoms with van der Waals surface area (Å²) in [5, 5.41) is 3.47. The number of benzene rings is 1. The Balaban J connectivity index is 2.73. The maximum absolute atomic E-state index is 12.1. The number of hydrogen-bond donors (Lipinski definition) is 1. The van der Waals surface area contributed by atoms with E-state index in [1.54, 1.807) is 0 Å². The average molecular weight is 267 g/mol. The zero-order chi connectivity index (χ0) is 14.5. The van der Waals surface area contributed by atoms with Gasteiger partial charge >= 0.3 is 0 Å². The summed E-state index contributed by atoms with van der Waals surface area (Å²) in [6.45, 7) is 11.5. The zero-order valence-electron chi connectivity index (χ0n) is 12.8. The molecule has 0 saturated heterocycles. The molecule has 1 N–H and O–H groups in total. The Kier molecular flexibility index (Phi) is 5.80. The van der Waals surface area contributed by atoms with Crippen LogP contribution >= 0.6 is 0 Å². The van der Waals surface area contributed by atoms with Crippen molar-refractivity contribution in [1.82, 2.24) is 5.32 Å². The molecule has 0 amide bonds. The zero-order valence-corrected chi connectivity index (χ0v) is 12.8. The van der Waals surface area contributed by atoms with Crippen LogP contribution in [0.4, 0.5) is 4.39 Å². The van der Waals surface area contributed by atoms with Crippen LogP contribution < -0.4 is 10.1 Å². The summed E-state index contributed by atoms with van der Waals surface area (Å²) >= 11 is 0. The van der Waals surface area contributed by atoms with E-state index in [1.807, 2.05) is 13.8 Å². The fourth-order valence-electron chi connectivity index (χ4n) is 1.97. The predicted octanol–water partition coefficient (Wildman–Crippen LogP) is 3.93. The van der Waals surface area contributed by atoms with E-state index >= 15 is 0 Å². The lowest BCUT2D eigenvalue weighted by Crippen LogP contribution is -2.35. The first-order chi connectivity index (χ1) is 8.83. The molecule has 0 unspecified atom stereocenters. The Bertz CT molecular complexity index is 387. The second kappa shape index (κ2) is 6.90. The molecule has 0 bridgehead atoms. The van der Waals surface area contributed by atoms with Crippen molar-refractivity contribution in [1.29, 1.82) is 0 Å². The van der Waals surface area contributed by atoms with Crippen LogP contribution in [-0.2, 0) is 6.54 Å². The van der Waals surface area contributed by atoms with Gasteiger partial charge in [-0.2, -0.15) is 0 Å². The Morgan fingerprint density at radius 3 is 2.21 bits per heavy atom. The van der Waals surface area contributed by atoms with Gasteiger partial charge in [0.25, 0.3) is 0 Å². The number of aryl methyl sites for hydroxylation is 2. The van der Waals surface area contributed by atoms with Gasteiger partial charge in [0.2, 0.25) is 0 Å². The molecule has 2 nitrogen and oxygen atoms in total. The first-order valence-corrected chi connectivity index (χ1v) is 6.87. The van der Waals surface area contributed by atoms with Crippen LogP contribution in [-0.4, -0.2) is 18.8 Å². The second-order valence-corrected chi connectivity index (χ2v) is 6.05. The predicted molar refractivity (Wildman–Crippen MR) is 78.6 cm³/mol. The number of nitrogens with one attached hydrogen (secondary N) is 1. The molecule has 108 valence electrons. The van der Waals surface area contributed by atoms with Gasteiger partial charge in [-0.25, -0.2) is 0 Å². The van der Waals surface area contributed by atoms with Crippen molar-refractivity contribution in [2.75, 3.05) is 13.3 Å². The average Bonchev–Trinajstić information content (AvgIpc) is 2.29. The largest absolute Gasteiger partial charge is 0.493 e. The highest BCUT2D eigenvalue weighted by atomic mass is 19.1. The SMILES string of the molecule is Cc1cc(CNC(C)(C)C)cc(C)c1OCCCF. The van der Waals surface area contributed by atoms with Crippen LogP contribution in [0.15, 0.2) is 12.1 Å². The quantitative estimate of drug-likeness (QED) is 0.789. The minimum atomic E-state index is -0.328. The third-order valence-electron chi connectivity index (χ3n) is 2.87. The number of alkyl halides is 1. The van der Waals surface area contributed by atoms with Gasteiger partial charge < -0.3 is 10.1 Å². The minimum absolute atomic E-state index is 0.109. The Morgan fingerprint density at radius 1 is 1.16 bits per heavy atom. The van der Waals surface area contributed by atoms with Gasteiger partial charge in [0, 0.05) is 18.5 Å². The molecule has 0 radical (unpaired) electrons. The highest BCUT2D eigenvalue weighted by Gasteiger charge is 2.11. The Morgan fingerprint density at radius 2 is 1.74 bits per heavy atom. The fraction of sp³-hybridized carbons (Fsp3) is 0.625. The van der Waals surface area contributed by atoms with Crippen molar-refractivity contribution in [3.8, 4) is 5.75 Å². The summed E-state index contributed by atoms with van der Waals surface area (Å²) in [4.78, 5) is 0. The molecule has 0 aromatic heterocycles. The second-order valence-electron chi connectivity index (χ2n) is 6.05. The van der Waals surface area contributed by atoms with E-state index in [1.165, 1.54) is 5.56 Å². The summed E-state index contributed by atoms with van der Waals surface area (Å²) in [6, 6.07) is 4.27. The van der Waals surface area contributed by atoms with Gasteiger partial charge in [-0.1, -0.05) is 12.1 Å². The van der Waals surface area contributed by atoms with E-state index in [0.717, 1.165) is 23.4 Å². The minimum Gasteiger partial charge on any atom is -0.493 e. The lowest BCUT2D eigenvalue weighted by atomic mass is 10.0. The standard InChI is InChI=1S/C16H26FNO/c1-12-9-14(11-18-16(3,4)5)10-13(2)15(12)19-8-6-7-17/h9-10,18H,6-8,11H2,1-5H3. The van der Waals surface area contributed by atoms with E-state index in [4.69, 9.17) is 4.74 Å². The van der Waals surface area contributed by atoms with E-state index < -0.39 is 0 Å². The highest BCUT2D eigenvalue weighted by molar-refractivity contribution is 5.43. The number of hydrogen-bond acceptors (Lipinski definition) is 2. The molecule has 1 rings (SSSR count). The van der Waals surface area contributed by atoms with Crippen molar-refractivity contribution in [2.24, 2.45) is 0 Å². The van der Waals surface area contributed by atoms with Crippen LogP contribution in [0.3, 0.4) is 0 Å². The number of rotatable bonds is 6. The first kappa shape index (κ1) is 16.0. The van der Waals surface area contributed by atoms with Crippen LogP contribution in [0, 0.1) is 13.8 Å². The first-order valence-electron chi connectivity index (χ1n) is 6.87. The van der Waals surface area contributed by atoms with Crippen LogP contribution in [0.2, 0.25) is 0 Å². The summed E-state index contributed by atoms with van der Waals surface area (Å²) in [6.07, 6.45) is 0.451. The molecule has 1 aromatic carbocycles. The maximum Gasteiger partial charge on any atom is 0.125 e. The molecule has 0 fully saturated rings. The van der Waals surface area contributed by atoms with Crippen molar-refractivity contribution >= 4 is 0 Å². The van der Waals surface area contributed by atoms with Crippen LogP contribution in [0.1, 0.15) is 43.9 Å². The van der Waals surface area contributed by atoms with Crippen molar-refractivity contribution in [3.63, 3.8) is 0 Å². The van der Waals surface area contributed by atoms with E-state index in [9.17, 15) is 4.39 Å². The smallest absolute Gasteiger partial charge is 0.125 e. The number of halogens is 1. The van der Waals surface area contributed by atoms with Gasteiger partial charge in [-0.3, -0.25) is 4.39 Å². The monoisotopic (exact) mass is 267 g/mol. The van der Waals surface area contributed by atoms with Crippen LogP contribution in [0.5, 0.6) is 5.75 Å². The molecule has 0 atom stereocenters. The molecule has 1 aromatic rings. The molecule has 0 aliphatic carbocycles. The summed E-state index contributed by atoms with van der Waals surface area (Å²) in [5.74, 6) is 0.896. The van der Waals surface area contributed by atoms with Gasteiger partial charge in [0.15, 0.2) is 0 Å². The lowest BCUT2D eigenvalue weighted by Gasteiger charge is -2.21. The molecule has 0 spiro atoms. The normalized spacial score (nSPS) is 11.7. The summed E-state index contributed by atoms with van der Waals surface area (Å²) < 4.78 is 17.7. The topological polar surface area (TPSA) is 21.3 Å². The third kappa shape index (κ3) is 5.60. The van der Waals surface area contributed by atoms with Gasteiger partial charge in [0.05, 0.1) is 13.3 Å². The molecule has 0 aliphatic heterocycles. The van der Waals surface area contributed by atoms with E-state index in [-0.39, 0.29) is 12.2 Å². The summed E-state index contributed by atoms with van der Waals surface area (Å²) in [7, 11) is 0. The number of ether oxygens (including phenoxy) is 1. The van der Waals surface area contributed by atoms with Crippen molar-refractivity contribution in [2.45, 2.75) is 53.1 Å². The van der Waals surface area contributed by atoms with Crippen LogP contribution in [0.25, 0.3) is 0 Å². The Hall–Kier alpha value is -1.09. The molecule has 0 aliphatic rings. The Labute approximate surface area is 116 Å². The maximum atomic E-state index is 12.1. The highest BCUT2D eigenvalue weighted by Crippen LogP contribution is 2.25. The lowest BCUT2D eigenvalue weighted by molar-refractivity contribution is 0.286. The molecule has 0 saturated carbocycles. The van der Waals surface area contributed by atoms with Gasteiger partial charge in [-0.15, -0.1) is 0 Å². The fourth-order valence-corrected chi connectivity index (χ4v) is 1.97. The molecule has 19 heavy (non-hydrogen) atoms. The molecule has 3 heteroatoms. The summed E-state index contributed by atoms with van der Waals surface area (Å²) in [5.41, 5.74) is 3.59.